The van der Waals surface area contributed by atoms with Gasteiger partial charge in [0.2, 0.25) is 10.0 Å². The molecule has 7 nitrogen and oxygen atoms in total. The lowest BCUT2D eigenvalue weighted by molar-refractivity contribution is 0.0486. The van der Waals surface area contributed by atoms with E-state index in [-0.39, 0.29) is 22.9 Å². The highest BCUT2D eigenvalue weighted by Crippen LogP contribution is 2.16. The van der Waals surface area contributed by atoms with Crippen molar-refractivity contribution in [1.29, 1.82) is 0 Å². The number of nitrogens with two attached hydrogens (primary N) is 1. The van der Waals surface area contributed by atoms with Crippen molar-refractivity contribution in [3.8, 4) is 0 Å². The van der Waals surface area contributed by atoms with Gasteiger partial charge in [-0.3, -0.25) is 5.10 Å². The van der Waals surface area contributed by atoms with E-state index < -0.39 is 16.0 Å². The van der Waals surface area contributed by atoms with Gasteiger partial charge in [0.1, 0.15) is 4.90 Å². The highest BCUT2D eigenvalue weighted by Gasteiger charge is 2.26. The first-order valence-corrected chi connectivity index (χ1v) is 7.67. The molecular weight excluding hydrogens is 270 g/mol. The zero-order valence-corrected chi connectivity index (χ0v) is 11.9. The van der Waals surface area contributed by atoms with Crippen LogP contribution in [0, 0.1) is 6.92 Å². The van der Waals surface area contributed by atoms with Gasteiger partial charge in [0.05, 0.1) is 12.3 Å². The van der Waals surface area contributed by atoms with Crippen molar-refractivity contribution in [3.05, 3.63) is 11.4 Å². The van der Waals surface area contributed by atoms with Crippen LogP contribution in [-0.2, 0) is 14.8 Å². The minimum Gasteiger partial charge on any atom is -0.461 e. The fourth-order valence-electron chi connectivity index (χ4n) is 1.67. The van der Waals surface area contributed by atoms with Crippen LogP contribution in [-0.4, -0.2) is 31.2 Å². The van der Waals surface area contributed by atoms with Crippen LogP contribution in [0.5, 0.6) is 0 Å². The molecule has 1 rings (SSSR count). The number of rotatable bonds is 7. The van der Waals surface area contributed by atoms with Gasteiger partial charge < -0.3 is 4.74 Å². The number of nitrogens with zero attached hydrogens (tertiary/aromatic N) is 1. The Kier molecular flexibility index (Phi) is 5.49. The highest BCUT2D eigenvalue weighted by atomic mass is 32.2. The first kappa shape index (κ1) is 15.6. The van der Waals surface area contributed by atoms with Crippen LogP contribution in [0.2, 0.25) is 0 Å². The number of primary sulfonamides is 1. The number of sulfonamides is 1. The quantitative estimate of drug-likeness (QED) is 0.576. The summed E-state index contributed by atoms with van der Waals surface area (Å²) in [6, 6.07) is 0. The molecule has 0 atom stereocenters. The number of unbranched alkanes of at least 4 members (excludes halogenated alkanes) is 3. The summed E-state index contributed by atoms with van der Waals surface area (Å²) in [5, 5.41) is 11.1. The maximum Gasteiger partial charge on any atom is 0.360 e. The van der Waals surface area contributed by atoms with E-state index in [1.807, 2.05) is 0 Å². The fourth-order valence-corrected chi connectivity index (χ4v) is 2.54. The van der Waals surface area contributed by atoms with Gasteiger partial charge in [-0.2, -0.15) is 5.10 Å². The molecule has 0 amide bonds. The largest absolute Gasteiger partial charge is 0.461 e. The van der Waals surface area contributed by atoms with Gasteiger partial charge in [-0.25, -0.2) is 18.4 Å². The van der Waals surface area contributed by atoms with E-state index in [4.69, 9.17) is 9.88 Å². The van der Waals surface area contributed by atoms with Gasteiger partial charge in [0, 0.05) is 0 Å². The molecular formula is C11H19N3O4S. The van der Waals surface area contributed by atoms with Crippen LogP contribution in [0.1, 0.15) is 48.8 Å². The third-order valence-electron chi connectivity index (χ3n) is 2.60. The molecule has 3 N–H and O–H groups in total. The summed E-state index contributed by atoms with van der Waals surface area (Å²) in [7, 11) is -4.00. The Balaban J connectivity index is 2.68. The molecule has 1 heterocycles. The second kappa shape index (κ2) is 6.67. The zero-order chi connectivity index (χ0) is 14.5. The zero-order valence-electron chi connectivity index (χ0n) is 11.1. The Morgan fingerprint density at radius 1 is 1.37 bits per heavy atom. The highest BCUT2D eigenvalue weighted by molar-refractivity contribution is 7.89. The number of esters is 1. The van der Waals surface area contributed by atoms with Crippen LogP contribution in [0.25, 0.3) is 0 Å². The predicted octanol–water partition coefficient (Wildman–Crippen LogP) is 1.10. The molecule has 0 aliphatic carbocycles. The Morgan fingerprint density at radius 3 is 2.63 bits per heavy atom. The molecule has 0 aromatic carbocycles. The Morgan fingerprint density at radius 2 is 2.05 bits per heavy atom. The number of carbonyl (C=O) groups is 1. The van der Waals surface area contributed by atoms with Crippen molar-refractivity contribution in [2.45, 2.75) is 44.4 Å². The summed E-state index contributed by atoms with van der Waals surface area (Å²) in [5.41, 5.74) is -0.0593. The summed E-state index contributed by atoms with van der Waals surface area (Å²) >= 11 is 0. The van der Waals surface area contributed by atoms with Crippen LogP contribution < -0.4 is 5.14 Å². The van der Waals surface area contributed by atoms with E-state index in [2.05, 4.69) is 17.1 Å². The molecule has 0 saturated heterocycles. The van der Waals surface area contributed by atoms with Crippen molar-refractivity contribution in [3.63, 3.8) is 0 Å². The number of hydrogen-bond acceptors (Lipinski definition) is 5. The maximum atomic E-state index is 11.7. The molecule has 0 aliphatic heterocycles. The van der Waals surface area contributed by atoms with Crippen molar-refractivity contribution in [2.24, 2.45) is 5.14 Å². The van der Waals surface area contributed by atoms with Crippen LogP contribution in [0.4, 0.5) is 0 Å². The summed E-state index contributed by atoms with van der Waals surface area (Å²) in [6.45, 7) is 3.80. The molecule has 0 radical (unpaired) electrons. The van der Waals surface area contributed by atoms with E-state index in [9.17, 15) is 13.2 Å². The first-order chi connectivity index (χ1) is 8.88. The third-order valence-corrected chi connectivity index (χ3v) is 3.67. The van der Waals surface area contributed by atoms with E-state index in [0.717, 1.165) is 25.7 Å². The number of aryl methyl sites for hydroxylation is 1. The third kappa shape index (κ3) is 4.32. The van der Waals surface area contributed by atoms with Gasteiger partial charge in [-0.05, 0) is 13.3 Å². The monoisotopic (exact) mass is 289 g/mol. The van der Waals surface area contributed by atoms with E-state index >= 15 is 0 Å². The molecule has 108 valence electrons. The number of carbonyl (C=O) groups excluding carboxylic acids is 1. The number of aromatic amines is 1. The summed E-state index contributed by atoms with van der Waals surface area (Å²) < 4.78 is 27.7. The lowest BCUT2D eigenvalue weighted by Gasteiger charge is -2.04. The number of aromatic nitrogens is 2. The second-order valence-corrected chi connectivity index (χ2v) is 5.77. The van der Waals surface area contributed by atoms with Crippen LogP contribution in [0.3, 0.4) is 0 Å². The molecule has 1 aromatic heterocycles. The molecule has 8 heteroatoms. The van der Waals surface area contributed by atoms with Crippen LogP contribution >= 0.6 is 0 Å². The molecule has 0 bridgehead atoms. The summed E-state index contributed by atoms with van der Waals surface area (Å²) in [4.78, 5) is 11.4. The van der Waals surface area contributed by atoms with E-state index in [0.29, 0.717) is 0 Å². The van der Waals surface area contributed by atoms with Gasteiger partial charge in [-0.15, -0.1) is 0 Å². The Bertz CT molecular complexity index is 536. The predicted molar refractivity (Wildman–Crippen MR) is 69.1 cm³/mol. The number of nitrogens with one attached hydrogen (secondary N) is 1. The Labute approximate surface area is 112 Å². The van der Waals surface area contributed by atoms with Crippen molar-refractivity contribution in [1.82, 2.24) is 10.2 Å². The molecule has 0 fully saturated rings. The van der Waals surface area contributed by atoms with E-state index in [1.165, 1.54) is 6.92 Å². The number of H-pyrrole nitrogens is 1. The normalized spacial score (nSPS) is 11.5. The minimum absolute atomic E-state index is 0.223. The second-order valence-electron chi connectivity index (χ2n) is 4.27. The van der Waals surface area contributed by atoms with E-state index in [1.54, 1.807) is 0 Å². The molecule has 1 aromatic rings. The topological polar surface area (TPSA) is 115 Å². The SMILES string of the molecule is CCCCCCOC(=O)c1n[nH]c(C)c1S(N)(=O)=O. The summed E-state index contributed by atoms with van der Waals surface area (Å²) in [5.74, 6) is -0.773. The first-order valence-electron chi connectivity index (χ1n) is 6.12. The van der Waals surface area contributed by atoms with Gasteiger partial charge in [0.15, 0.2) is 5.69 Å². The average molecular weight is 289 g/mol. The molecule has 0 aliphatic rings. The molecule has 0 saturated carbocycles. The Hall–Kier alpha value is -1.41. The smallest absolute Gasteiger partial charge is 0.360 e. The van der Waals surface area contributed by atoms with Gasteiger partial charge in [-0.1, -0.05) is 26.2 Å². The standard InChI is InChI=1S/C11H19N3O4S/c1-3-4-5-6-7-18-11(15)9-10(19(12,16)17)8(2)13-14-9/h3-7H2,1-2H3,(H,13,14)(H2,12,16,17). The lowest BCUT2D eigenvalue weighted by Crippen LogP contribution is -2.18. The van der Waals surface area contributed by atoms with Crippen molar-refractivity contribution in [2.75, 3.05) is 6.61 Å². The van der Waals surface area contributed by atoms with Gasteiger partial charge in [0.25, 0.3) is 0 Å². The number of hydrogen-bond donors (Lipinski definition) is 2. The average Bonchev–Trinajstić information content (AvgIpc) is 2.70. The van der Waals surface area contributed by atoms with Crippen molar-refractivity contribution < 1.29 is 17.9 Å². The number of ether oxygens (including phenoxy) is 1. The molecule has 19 heavy (non-hydrogen) atoms. The molecule has 0 spiro atoms. The summed E-state index contributed by atoms with van der Waals surface area (Å²) in [6.07, 6.45) is 3.86. The van der Waals surface area contributed by atoms with Crippen LogP contribution in [0.15, 0.2) is 4.90 Å². The molecule has 0 unspecified atom stereocenters. The van der Waals surface area contributed by atoms with Crippen molar-refractivity contribution >= 4 is 16.0 Å². The lowest BCUT2D eigenvalue weighted by atomic mass is 10.2. The maximum absolute atomic E-state index is 11.7. The minimum atomic E-state index is -4.00. The fraction of sp³-hybridized carbons (Fsp3) is 0.636. The van der Waals surface area contributed by atoms with Gasteiger partial charge >= 0.3 is 5.97 Å².